The number of hydrogen-bond donors (Lipinski definition) is 1. The Balaban J connectivity index is 2.28. The van der Waals surface area contributed by atoms with Gasteiger partial charge < -0.3 is 10.5 Å². The van der Waals surface area contributed by atoms with Crippen LogP contribution in [0.3, 0.4) is 0 Å². The summed E-state index contributed by atoms with van der Waals surface area (Å²) in [6, 6.07) is 7.82. The smallest absolute Gasteiger partial charge is 0.119 e. The summed E-state index contributed by atoms with van der Waals surface area (Å²) in [6.45, 7) is 4.39. The van der Waals surface area contributed by atoms with E-state index in [0.717, 1.165) is 22.7 Å². The maximum atomic E-state index is 5.66. The van der Waals surface area contributed by atoms with Crippen LogP contribution in [-0.2, 0) is 6.54 Å². The van der Waals surface area contributed by atoms with Gasteiger partial charge in [0.15, 0.2) is 0 Å². The number of aromatic nitrogens is 2. The van der Waals surface area contributed by atoms with E-state index in [-0.39, 0.29) is 6.10 Å². The number of nitrogens with zero attached hydrogens (tertiary/aromatic N) is 2. The Morgan fingerprint density at radius 3 is 2.39 bits per heavy atom. The molecule has 0 aliphatic rings. The van der Waals surface area contributed by atoms with Crippen molar-refractivity contribution in [2.45, 2.75) is 26.5 Å². The zero-order chi connectivity index (χ0) is 13.0. The highest BCUT2D eigenvalue weighted by atomic mass is 16.5. The number of rotatable bonds is 4. The molecule has 0 bridgehead atoms. The molecule has 0 atom stereocenters. The van der Waals surface area contributed by atoms with Gasteiger partial charge in [0.2, 0.25) is 0 Å². The second kappa shape index (κ2) is 5.60. The highest BCUT2D eigenvalue weighted by Gasteiger charge is 2.06. The molecular formula is C14H17N3O. The van der Waals surface area contributed by atoms with Crippen molar-refractivity contribution in [3.8, 4) is 17.0 Å². The number of hydrogen-bond acceptors (Lipinski definition) is 4. The SMILES string of the molecule is CC(C)Oc1ccc(-c2nccnc2CN)cc1. The summed E-state index contributed by atoms with van der Waals surface area (Å²) in [7, 11) is 0. The summed E-state index contributed by atoms with van der Waals surface area (Å²) >= 11 is 0. The van der Waals surface area contributed by atoms with Gasteiger partial charge in [-0.1, -0.05) is 0 Å². The Labute approximate surface area is 107 Å². The lowest BCUT2D eigenvalue weighted by Crippen LogP contribution is -2.05. The van der Waals surface area contributed by atoms with E-state index in [1.165, 1.54) is 0 Å². The van der Waals surface area contributed by atoms with Crippen LogP contribution in [0.1, 0.15) is 19.5 Å². The summed E-state index contributed by atoms with van der Waals surface area (Å²) < 4.78 is 5.60. The fourth-order valence-electron chi connectivity index (χ4n) is 1.72. The summed E-state index contributed by atoms with van der Waals surface area (Å²) in [6.07, 6.45) is 3.50. The molecule has 1 aromatic heterocycles. The third kappa shape index (κ3) is 2.84. The van der Waals surface area contributed by atoms with E-state index < -0.39 is 0 Å². The van der Waals surface area contributed by atoms with Crippen LogP contribution in [0.25, 0.3) is 11.3 Å². The average Bonchev–Trinajstić information content (AvgIpc) is 2.39. The largest absolute Gasteiger partial charge is 0.491 e. The molecule has 94 valence electrons. The van der Waals surface area contributed by atoms with Crippen LogP contribution in [0.2, 0.25) is 0 Å². The van der Waals surface area contributed by atoms with Crippen LogP contribution in [0.4, 0.5) is 0 Å². The first-order valence-electron chi connectivity index (χ1n) is 5.97. The van der Waals surface area contributed by atoms with Gasteiger partial charge in [0.25, 0.3) is 0 Å². The predicted molar refractivity (Wildman–Crippen MR) is 71.1 cm³/mol. The second-order valence-electron chi connectivity index (χ2n) is 4.25. The summed E-state index contributed by atoms with van der Waals surface area (Å²) in [5.41, 5.74) is 8.29. The molecule has 18 heavy (non-hydrogen) atoms. The normalized spacial score (nSPS) is 10.7. The highest BCUT2D eigenvalue weighted by Crippen LogP contribution is 2.22. The molecule has 0 saturated carbocycles. The lowest BCUT2D eigenvalue weighted by molar-refractivity contribution is 0.242. The van der Waals surface area contributed by atoms with E-state index in [9.17, 15) is 0 Å². The topological polar surface area (TPSA) is 61.0 Å². The molecule has 0 radical (unpaired) electrons. The van der Waals surface area contributed by atoms with E-state index in [1.807, 2.05) is 38.1 Å². The van der Waals surface area contributed by atoms with Crippen LogP contribution in [-0.4, -0.2) is 16.1 Å². The molecule has 2 rings (SSSR count). The Morgan fingerprint density at radius 1 is 1.11 bits per heavy atom. The molecule has 0 aliphatic heterocycles. The molecule has 0 fully saturated rings. The van der Waals surface area contributed by atoms with Gasteiger partial charge in [-0.05, 0) is 38.1 Å². The Hall–Kier alpha value is -1.94. The standard InChI is InChI=1S/C14H17N3O/c1-10(2)18-12-5-3-11(4-6-12)14-13(9-15)16-7-8-17-14/h3-8,10H,9,15H2,1-2H3. The van der Waals surface area contributed by atoms with Crippen LogP contribution in [0.15, 0.2) is 36.7 Å². The van der Waals surface area contributed by atoms with Gasteiger partial charge in [0.1, 0.15) is 5.75 Å². The lowest BCUT2D eigenvalue weighted by atomic mass is 10.1. The zero-order valence-corrected chi connectivity index (χ0v) is 10.6. The maximum absolute atomic E-state index is 5.66. The third-order valence-corrected chi connectivity index (χ3v) is 2.47. The molecule has 1 heterocycles. The van der Waals surface area contributed by atoms with Crippen molar-refractivity contribution in [1.29, 1.82) is 0 Å². The van der Waals surface area contributed by atoms with Gasteiger partial charge in [0.05, 0.1) is 17.5 Å². The molecule has 0 spiro atoms. The minimum atomic E-state index is 0.173. The Bertz CT molecular complexity index is 509. The lowest BCUT2D eigenvalue weighted by Gasteiger charge is -2.10. The van der Waals surface area contributed by atoms with Crippen molar-refractivity contribution in [3.05, 3.63) is 42.4 Å². The van der Waals surface area contributed by atoms with E-state index >= 15 is 0 Å². The fraction of sp³-hybridized carbons (Fsp3) is 0.286. The van der Waals surface area contributed by atoms with Crippen molar-refractivity contribution < 1.29 is 4.74 Å². The van der Waals surface area contributed by atoms with Crippen molar-refractivity contribution in [3.63, 3.8) is 0 Å². The van der Waals surface area contributed by atoms with E-state index in [4.69, 9.17) is 10.5 Å². The van der Waals surface area contributed by atoms with E-state index in [2.05, 4.69) is 9.97 Å². The molecule has 2 aromatic rings. The van der Waals surface area contributed by atoms with Crippen LogP contribution >= 0.6 is 0 Å². The van der Waals surface area contributed by atoms with E-state index in [1.54, 1.807) is 12.4 Å². The molecule has 2 N–H and O–H groups in total. The molecule has 0 aliphatic carbocycles. The van der Waals surface area contributed by atoms with Crippen molar-refractivity contribution in [2.75, 3.05) is 0 Å². The van der Waals surface area contributed by atoms with Gasteiger partial charge in [-0.2, -0.15) is 0 Å². The first-order valence-corrected chi connectivity index (χ1v) is 5.97. The van der Waals surface area contributed by atoms with Crippen molar-refractivity contribution >= 4 is 0 Å². The van der Waals surface area contributed by atoms with Gasteiger partial charge in [0, 0.05) is 24.5 Å². The average molecular weight is 243 g/mol. The molecule has 4 heteroatoms. The van der Waals surface area contributed by atoms with Gasteiger partial charge in [-0.25, -0.2) is 0 Å². The van der Waals surface area contributed by atoms with Gasteiger partial charge >= 0.3 is 0 Å². The first kappa shape index (κ1) is 12.5. The minimum absolute atomic E-state index is 0.173. The molecule has 4 nitrogen and oxygen atoms in total. The minimum Gasteiger partial charge on any atom is -0.491 e. The number of nitrogens with two attached hydrogens (primary N) is 1. The van der Waals surface area contributed by atoms with E-state index in [0.29, 0.717) is 6.54 Å². The number of ether oxygens (including phenoxy) is 1. The summed E-state index contributed by atoms with van der Waals surface area (Å²) in [4.78, 5) is 8.55. The zero-order valence-electron chi connectivity index (χ0n) is 10.6. The van der Waals surface area contributed by atoms with Crippen LogP contribution < -0.4 is 10.5 Å². The second-order valence-corrected chi connectivity index (χ2v) is 4.25. The molecular weight excluding hydrogens is 226 g/mol. The molecule has 1 aromatic carbocycles. The van der Waals surface area contributed by atoms with Crippen LogP contribution in [0.5, 0.6) is 5.75 Å². The first-order chi connectivity index (χ1) is 8.70. The summed E-state index contributed by atoms with van der Waals surface area (Å²) in [5, 5.41) is 0. The monoisotopic (exact) mass is 243 g/mol. The van der Waals surface area contributed by atoms with Crippen LogP contribution in [0, 0.1) is 0 Å². The molecule has 0 amide bonds. The molecule has 0 saturated heterocycles. The van der Waals surface area contributed by atoms with Gasteiger partial charge in [-0.3, -0.25) is 9.97 Å². The highest BCUT2D eigenvalue weighted by molar-refractivity contribution is 5.62. The quantitative estimate of drug-likeness (QED) is 0.895. The summed E-state index contributed by atoms with van der Waals surface area (Å²) in [5.74, 6) is 0.854. The van der Waals surface area contributed by atoms with Crippen molar-refractivity contribution in [2.24, 2.45) is 5.73 Å². The Kier molecular flexibility index (Phi) is 3.89. The number of benzene rings is 1. The third-order valence-electron chi connectivity index (χ3n) is 2.47. The maximum Gasteiger partial charge on any atom is 0.119 e. The fourth-order valence-corrected chi connectivity index (χ4v) is 1.72. The Morgan fingerprint density at radius 2 is 1.78 bits per heavy atom. The molecule has 0 unspecified atom stereocenters. The van der Waals surface area contributed by atoms with Gasteiger partial charge in [-0.15, -0.1) is 0 Å². The predicted octanol–water partition coefficient (Wildman–Crippen LogP) is 2.39. The van der Waals surface area contributed by atoms with Crippen molar-refractivity contribution in [1.82, 2.24) is 9.97 Å².